The van der Waals surface area contributed by atoms with Gasteiger partial charge in [-0.25, -0.2) is 8.42 Å². The Bertz CT molecular complexity index is 904. The highest BCUT2D eigenvalue weighted by atomic mass is 32.2. The molecule has 10 heteroatoms. The van der Waals surface area contributed by atoms with Gasteiger partial charge in [-0.05, 0) is 12.8 Å². The molecule has 26 heavy (non-hydrogen) atoms. The molecule has 1 aliphatic rings. The number of hydrogen-bond acceptors (Lipinski definition) is 7. The van der Waals surface area contributed by atoms with E-state index in [2.05, 4.69) is 15.2 Å². The Morgan fingerprint density at radius 1 is 1.23 bits per heavy atom. The van der Waals surface area contributed by atoms with Crippen molar-refractivity contribution in [3.63, 3.8) is 0 Å². The lowest BCUT2D eigenvalue weighted by molar-refractivity contribution is 0.0194. The molecule has 0 radical (unpaired) electrons. The molecule has 144 valence electrons. The molecule has 0 unspecified atom stereocenters. The minimum absolute atomic E-state index is 0.0738. The summed E-state index contributed by atoms with van der Waals surface area (Å²) in [5.74, 6) is 0.563. The maximum absolute atomic E-state index is 13.3. The molecule has 2 aromatic rings. The van der Waals surface area contributed by atoms with Crippen LogP contribution in [-0.4, -0.2) is 50.8 Å². The van der Waals surface area contributed by atoms with Crippen molar-refractivity contribution in [1.82, 2.24) is 24.2 Å². The SMILES string of the molecule is CCc1noc([C@@]2(O)CCN(S(=O)(=O)c3c(CC)nn(C)c3CC)C2)n1. The maximum atomic E-state index is 13.3. The van der Waals surface area contributed by atoms with Gasteiger partial charge in [-0.3, -0.25) is 4.68 Å². The summed E-state index contributed by atoms with van der Waals surface area (Å²) in [6, 6.07) is 0. The molecule has 3 rings (SSSR count). The number of rotatable bonds is 6. The summed E-state index contributed by atoms with van der Waals surface area (Å²) in [5.41, 5.74) is -0.247. The Morgan fingerprint density at radius 2 is 1.96 bits per heavy atom. The molecule has 1 N–H and O–H groups in total. The van der Waals surface area contributed by atoms with E-state index in [9.17, 15) is 13.5 Å². The first kappa shape index (κ1) is 19.0. The fourth-order valence-corrected chi connectivity index (χ4v) is 5.40. The molecule has 0 spiro atoms. The molecular formula is C16H25N5O4S. The van der Waals surface area contributed by atoms with Gasteiger partial charge in [0.15, 0.2) is 11.4 Å². The van der Waals surface area contributed by atoms with Crippen LogP contribution in [0.3, 0.4) is 0 Å². The van der Waals surface area contributed by atoms with Gasteiger partial charge >= 0.3 is 0 Å². The molecule has 3 heterocycles. The van der Waals surface area contributed by atoms with Gasteiger partial charge in [-0.15, -0.1) is 0 Å². The molecule has 9 nitrogen and oxygen atoms in total. The fourth-order valence-electron chi connectivity index (χ4n) is 3.37. The number of aliphatic hydroxyl groups is 1. The predicted octanol–water partition coefficient (Wildman–Crippen LogP) is 0.772. The molecule has 0 amide bonds. The second-order valence-electron chi connectivity index (χ2n) is 6.54. The zero-order chi connectivity index (χ0) is 19.1. The van der Waals surface area contributed by atoms with Gasteiger partial charge < -0.3 is 9.63 Å². The topological polar surface area (TPSA) is 114 Å². The van der Waals surface area contributed by atoms with Crippen molar-refractivity contribution in [3.8, 4) is 0 Å². The van der Waals surface area contributed by atoms with Gasteiger partial charge in [0.2, 0.25) is 10.0 Å². The second kappa shape index (κ2) is 6.75. The minimum Gasteiger partial charge on any atom is -0.379 e. The van der Waals surface area contributed by atoms with Gasteiger partial charge in [0.25, 0.3) is 5.89 Å². The van der Waals surface area contributed by atoms with Crippen molar-refractivity contribution in [3.05, 3.63) is 23.1 Å². The first-order valence-electron chi connectivity index (χ1n) is 8.87. The Kier molecular flexibility index (Phi) is 4.93. The van der Waals surface area contributed by atoms with Gasteiger partial charge in [-0.2, -0.15) is 14.4 Å². The standard InChI is InChI=1S/C16H25N5O4S/c1-5-11-14(12(6-2)20(4)18-11)26(23,24)21-9-8-16(22,10-21)15-17-13(7-3)19-25-15/h22H,5-10H2,1-4H3/t16-/m1/s1. The van der Waals surface area contributed by atoms with E-state index in [1.165, 1.54) is 4.31 Å². The van der Waals surface area contributed by atoms with Crippen LogP contribution < -0.4 is 0 Å². The number of sulfonamides is 1. The molecule has 2 aromatic heterocycles. The normalized spacial score (nSPS) is 21.6. The third-order valence-electron chi connectivity index (χ3n) is 4.85. The van der Waals surface area contributed by atoms with Crippen molar-refractivity contribution in [2.24, 2.45) is 7.05 Å². The van der Waals surface area contributed by atoms with E-state index in [-0.39, 0.29) is 30.3 Å². The van der Waals surface area contributed by atoms with Gasteiger partial charge in [0.05, 0.1) is 17.9 Å². The van der Waals surface area contributed by atoms with E-state index in [0.717, 1.165) is 0 Å². The largest absolute Gasteiger partial charge is 0.379 e. The third-order valence-corrected chi connectivity index (χ3v) is 6.83. The fraction of sp³-hybridized carbons (Fsp3) is 0.688. The molecule has 0 bridgehead atoms. The van der Waals surface area contributed by atoms with Crippen LogP contribution in [0.1, 0.15) is 50.3 Å². The van der Waals surface area contributed by atoms with E-state index in [4.69, 9.17) is 4.52 Å². The zero-order valence-electron chi connectivity index (χ0n) is 15.6. The van der Waals surface area contributed by atoms with Crippen LogP contribution in [0.5, 0.6) is 0 Å². The molecule has 0 aromatic carbocycles. The van der Waals surface area contributed by atoms with Crippen molar-refractivity contribution < 1.29 is 18.0 Å². The lowest BCUT2D eigenvalue weighted by atomic mass is 10.0. The molecule has 1 atom stereocenters. The lowest BCUT2D eigenvalue weighted by Gasteiger charge is -2.20. The summed E-state index contributed by atoms with van der Waals surface area (Å²) in [4.78, 5) is 4.44. The van der Waals surface area contributed by atoms with Crippen molar-refractivity contribution in [2.75, 3.05) is 13.1 Å². The number of aryl methyl sites for hydroxylation is 3. The van der Waals surface area contributed by atoms with Crippen LogP contribution in [-0.2, 0) is 41.9 Å². The third kappa shape index (κ3) is 2.95. The first-order valence-corrected chi connectivity index (χ1v) is 10.3. The predicted molar refractivity (Wildman–Crippen MR) is 92.9 cm³/mol. The zero-order valence-corrected chi connectivity index (χ0v) is 16.4. The molecule has 1 saturated heterocycles. The minimum atomic E-state index is -3.78. The lowest BCUT2D eigenvalue weighted by Crippen LogP contribution is -2.35. The molecule has 0 saturated carbocycles. The van der Waals surface area contributed by atoms with Crippen LogP contribution in [0.15, 0.2) is 9.42 Å². The smallest absolute Gasteiger partial charge is 0.260 e. The molecule has 1 fully saturated rings. The number of aromatic nitrogens is 4. The van der Waals surface area contributed by atoms with E-state index >= 15 is 0 Å². The van der Waals surface area contributed by atoms with Crippen LogP contribution in [0.2, 0.25) is 0 Å². The average molecular weight is 383 g/mol. The molecule has 1 aliphatic heterocycles. The van der Waals surface area contributed by atoms with Crippen LogP contribution in [0.25, 0.3) is 0 Å². The summed E-state index contributed by atoms with van der Waals surface area (Å²) in [7, 11) is -2.03. The number of nitrogens with zero attached hydrogens (tertiary/aromatic N) is 5. The Morgan fingerprint density at radius 3 is 2.54 bits per heavy atom. The summed E-state index contributed by atoms with van der Waals surface area (Å²) in [5, 5.41) is 19.0. The average Bonchev–Trinajstić information content (AvgIpc) is 3.31. The van der Waals surface area contributed by atoms with Gasteiger partial charge in [0, 0.05) is 26.4 Å². The molecule has 0 aliphatic carbocycles. The van der Waals surface area contributed by atoms with E-state index in [1.54, 1.807) is 11.7 Å². The summed E-state index contributed by atoms with van der Waals surface area (Å²) < 4.78 is 34.6. The first-order chi connectivity index (χ1) is 12.3. The van der Waals surface area contributed by atoms with Gasteiger partial charge in [0.1, 0.15) is 4.90 Å². The Hall–Kier alpha value is -1.78. The van der Waals surface area contributed by atoms with Crippen molar-refractivity contribution in [1.29, 1.82) is 0 Å². The van der Waals surface area contributed by atoms with Crippen molar-refractivity contribution in [2.45, 2.75) is 57.0 Å². The number of β-amino-alcohol motifs (C(OH)–C–C–N with tert-alkyl or cyclic N) is 1. The quantitative estimate of drug-likeness (QED) is 0.783. The van der Waals surface area contributed by atoms with Crippen LogP contribution in [0, 0.1) is 0 Å². The second-order valence-corrected chi connectivity index (χ2v) is 8.42. The maximum Gasteiger partial charge on any atom is 0.260 e. The van der Waals surface area contributed by atoms with E-state index in [0.29, 0.717) is 36.5 Å². The Balaban J connectivity index is 1.95. The van der Waals surface area contributed by atoms with E-state index < -0.39 is 15.6 Å². The van der Waals surface area contributed by atoms with Crippen LogP contribution >= 0.6 is 0 Å². The highest BCUT2D eigenvalue weighted by molar-refractivity contribution is 7.89. The highest BCUT2D eigenvalue weighted by Crippen LogP contribution is 2.35. The van der Waals surface area contributed by atoms with E-state index in [1.807, 2.05) is 20.8 Å². The summed E-state index contributed by atoms with van der Waals surface area (Å²) in [6.45, 7) is 5.74. The molecular weight excluding hydrogens is 358 g/mol. The van der Waals surface area contributed by atoms with Crippen molar-refractivity contribution >= 4 is 10.0 Å². The van der Waals surface area contributed by atoms with Gasteiger partial charge in [-0.1, -0.05) is 25.9 Å². The summed E-state index contributed by atoms with van der Waals surface area (Å²) >= 11 is 0. The number of hydrogen-bond donors (Lipinski definition) is 1. The summed E-state index contributed by atoms with van der Waals surface area (Å²) in [6.07, 6.45) is 1.86. The van der Waals surface area contributed by atoms with Crippen LogP contribution in [0.4, 0.5) is 0 Å². The monoisotopic (exact) mass is 383 g/mol. The Labute approximate surface area is 153 Å². The highest BCUT2D eigenvalue weighted by Gasteiger charge is 2.47.